The molecule has 1 aliphatic heterocycles. The Balaban J connectivity index is 1.79. The van der Waals surface area contributed by atoms with Crippen LogP contribution in [0, 0.1) is 0 Å². The lowest BCUT2D eigenvalue weighted by Gasteiger charge is -2.37. The monoisotopic (exact) mass is 298 g/mol. The summed E-state index contributed by atoms with van der Waals surface area (Å²) in [6.07, 6.45) is 5.65. The highest BCUT2D eigenvalue weighted by Gasteiger charge is 2.29. The van der Waals surface area contributed by atoms with E-state index in [0.29, 0.717) is 12.1 Å². The van der Waals surface area contributed by atoms with E-state index >= 15 is 0 Å². The first kappa shape index (κ1) is 16.6. The van der Waals surface area contributed by atoms with Crippen LogP contribution in [0.4, 0.5) is 4.79 Å². The average Bonchev–Trinajstić information content (AvgIpc) is 2.40. The Labute approximate surface area is 128 Å². The van der Waals surface area contributed by atoms with Crippen molar-refractivity contribution < 1.29 is 14.6 Å². The van der Waals surface area contributed by atoms with E-state index in [9.17, 15) is 9.90 Å². The molecule has 2 rings (SSSR count). The Morgan fingerprint density at radius 3 is 2.43 bits per heavy atom. The van der Waals surface area contributed by atoms with Crippen molar-refractivity contribution in [3.05, 3.63) is 0 Å². The highest BCUT2D eigenvalue weighted by molar-refractivity contribution is 5.68. The molecule has 2 fully saturated rings. The topological polar surface area (TPSA) is 61.8 Å². The lowest BCUT2D eigenvalue weighted by Crippen LogP contribution is -2.52. The molecule has 5 nitrogen and oxygen atoms in total. The molecule has 21 heavy (non-hydrogen) atoms. The van der Waals surface area contributed by atoms with E-state index in [1.165, 1.54) is 0 Å². The summed E-state index contributed by atoms with van der Waals surface area (Å²) in [6, 6.07) is 0.837. The van der Waals surface area contributed by atoms with Gasteiger partial charge in [0.2, 0.25) is 0 Å². The maximum atomic E-state index is 12.1. The molecule has 122 valence electrons. The molecule has 0 radical (unpaired) electrons. The SMILES string of the molecule is CC(C)(C)OC(=O)N1CCC[C@H](NC2CCC(O)CC2)C1. The van der Waals surface area contributed by atoms with Crippen molar-refractivity contribution >= 4 is 6.09 Å². The molecule has 1 aliphatic carbocycles. The minimum absolute atomic E-state index is 0.118. The summed E-state index contributed by atoms with van der Waals surface area (Å²) >= 11 is 0. The molecule has 1 saturated heterocycles. The predicted octanol–water partition coefficient (Wildman–Crippen LogP) is 2.28. The fourth-order valence-electron chi connectivity index (χ4n) is 3.18. The van der Waals surface area contributed by atoms with Gasteiger partial charge in [-0.1, -0.05) is 0 Å². The fraction of sp³-hybridized carbons (Fsp3) is 0.938. The molecular weight excluding hydrogens is 268 g/mol. The zero-order chi connectivity index (χ0) is 15.5. The zero-order valence-electron chi connectivity index (χ0n) is 13.6. The number of piperidine rings is 1. The summed E-state index contributed by atoms with van der Waals surface area (Å²) in [5.41, 5.74) is -0.434. The lowest BCUT2D eigenvalue weighted by molar-refractivity contribution is 0.0178. The van der Waals surface area contributed by atoms with E-state index in [1.807, 2.05) is 25.7 Å². The highest BCUT2D eigenvalue weighted by Crippen LogP contribution is 2.21. The number of nitrogens with one attached hydrogen (secondary N) is 1. The van der Waals surface area contributed by atoms with Crippen molar-refractivity contribution in [3.63, 3.8) is 0 Å². The van der Waals surface area contributed by atoms with Crippen LogP contribution < -0.4 is 5.32 Å². The third kappa shape index (κ3) is 5.47. The third-order valence-corrected chi connectivity index (χ3v) is 4.24. The number of aliphatic hydroxyl groups excluding tert-OH is 1. The van der Waals surface area contributed by atoms with Gasteiger partial charge < -0.3 is 20.1 Å². The third-order valence-electron chi connectivity index (χ3n) is 4.24. The number of nitrogens with zero attached hydrogens (tertiary/aromatic N) is 1. The van der Waals surface area contributed by atoms with Crippen LogP contribution in [0.15, 0.2) is 0 Å². The van der Waals surface area contributed by atoms with E-state index in [2.05, 4.69) is 5.32 Å². The second-order valence-corrected chi connectivity index (χ2v) is 7.44. The van der Waals surface area contributed by atoms with Gasteiger partial charge in [0.25, 0.3) is 0 Å². The van der Waals surface area contributed by atoms with Gasteiger partial charge in [-0.15, -0.1) is 0 Å². The maximum absolute atomic E-state index is 12.1. The number of hydrogen-bond acceptors (Lipinski definition) is 4. The Morgan fingerprint density at radius 2 is 1.81 bits per heavy atom. The minimum Gasteiger partial charge on any atom is -0.444 e. The molecule has 0 aromatic heterocycles. The summed E-state index contributed by atoms with van der Waals surface area (Å²) in [4.78, 5) is 14.0. The summed E-state index contributed by atoms with van der Waals surface area (Å²) in [6.45, 7) is 7.22. The van der Waals surface area contributed by atoms with Gasteiger partial charge in [-0.3, -0.25) is 0 Å². The van der Waals surface area contributed by atoms with E-state index in [0.717, 1.165) is 51.6 Å². The van der Waals surface area contributed by atoms with Crippen molar-refractivity contribution in [2.75, 3.05) is 13.1 Å². The molecule has 5 heteroatoms. The quantitative estimate of drug-likeness (QED) is 0.821. The van der Waals surface area contributed by atoms with Crippen LogP contribution in [-0.2, 0) is 4.74 Å². The Bertz CT molecular complexity index is 346. The largest absolute Gasteiger partial charge is 0.444 e. The van der Waals surface area contributed by atoms with Crippen molar-refractivity contribution in [1.29, 1.82) is 0 Å². The summed E-state index contributed by atoms with van der Waals surface area (Å²) in [5, 5.41) is 13.2. The fourth-order valence-corrected chi connectivity index (χ4v) is 3.18. The molecule has 0 spiro atoms. The molecule has 0 aromatic carbocycles. The predicted molar refractivity (Wildman–Crippen MR) is 82.2 cm³/mol. The van der Waals surface area contributed by atoms with Gasteiger partial charge in [0.05, 0.1) is 6.10 Å². The highest BCUT2D eigenvalue weighted by atomic mass is 16.6. The number of ether oxygens (including phenoxy) is 1. The second kappa shape index (κ2) is 6.97. The number of hydrogen-bond donors (Lipinski definition) is 2. The second-order valence-electron chi connectivity index (χ2n) is 7.44. The molecule has 0 bridgehead atoms. The Kier molecular flexibility index (Phi) is 5.49. The van der Waals surface area contributed by atoms with E-state index in [1.54, 1.807) is 0 Å². The molecule has 2 aliphatic rings. The normalized spacial score (nSPS) is 31.0. The van der Waals surface area contributed by atoms with Gasteiger partial charge in [-0.05, 0) is 59.3 Å². The van der Waals surface area contributed by atoms with Crippen LogP contribution in [0.25, 0.3) is 0 Å². The molecular formula is C16H30N2O3. The van der Waals surface area contributed by atoms with Crippen LogP contribution >= 0.6 is 0 Å². The van der Waals surface area contributed by atoms with E-state index < -0.39 is 5.60 Å². The first-order valence-electron chi connectivity index (χ1n) is 8.25. The van der Waals surface area contributed by atoms with E-state index in [4.69, 9.17) is 4.74 Å². The first-order chi connectivity index (χ1) is 9.83. The number of aliphatic hydroxyl groups is 1. The lowest BCUT2D eigenvalue weighted by atomic mass is 9.92. The average molecular weight is 298 g/mol. The number of rotatable bonds is 2. The van der Waals surface area contributed by atoms with Crippen LogP contribution in [0.2, 0.25) is 0 Å². The number of likely N-dealkylation sites (tertiary alicyclic amines) is 1. The van der Waals surface area contributed by atoms with Crippen LogP contribution in [0.5, 0.6) is 0 Å². The number of carbonyl (C=O) groups is 1. The molecule has 1 atom stereocenters. The maximum Gasteiger partial charge on any atom is 0.410 e. The van der Waals surface area contributed by atoms with Crippen LogP contribution in [-0.4, -0.2) is 53.0 Å². The summed E-state index contributed by atoms with van der Waals surface area (Å²) < 4.78 is 5.46. The van der Waals surface area contributed by atoms with Crippen LogP contribution in [0.3, 0.4) is 0 Å². The summed E-state index contributed by atoms with van der Waals surface area (Å²) in [7, 11) is 0. The van der Waals surface area contributed by atoms with E-state index in [-0.39, 0.29) is 12.2 Å². The van der Waals surface area contributed by atoms with Gasteiger partial charge in [-0.25, -0.2) is 4.79 Å². The number of carbonyl (C=O) groups excluding carboxylic acids is 1. The Hall–Kier alpha value is -0.810. The first-order valence-corrected chi connectivity index (χ1v) is 8.25. The van der Waals surface area contributed by atoms with Crippen molar-refractivity contribution in [2.24, 2.45) is 0 Å². The van der Waals surface area contributed by atoms with Gasteiger partial charge in [0.1, 0.15) is 5.60 Å². The molecule has 0 unspecified atom stereocenters. The van der Waals surface area contributed by atoms with Gasteiger partial charge in [0, 0.05) is 25.2 Å². The van der Waals surface area contributed by atoms with Gasteiger partial charge in [-0.2, -0.15) is 0 Å². The van der Waals surface area contributed by atoms with Crippen molar-refractivity contribution in [3.8, 4) is 0 Å². The number of amides is 1. The molecule has 1 amide bonds. The zero-order valence-corrected chi connectivity index (χ0v) is 13.6. The van der Waals surface area contributed by atoms with Gasteiger partial charge in [0.15, 0.2) is 0 Å². The summed E-state index contributed by atoms with van der Waals surface area (Å²) in [5.74, 6) is 0. The van der Waals surface area contributed by atoms with Crippen molar-refractivity contribution in [2.45, 2.75) is 83.1 Å². The molecule has 1 saturated carbocycles. The molecule has 0 aromatic rings. The van der Waals surface area contributed by atoms with Crippen LogP contribution in [0.1, 0.15) is 59.3 Å². The van der Waals surface area contributed by atoms with Crippen molar-refractivity contribution in [1.82, 2.24) is 10.2 Å². The standard InChI is InChI=1S/C16H30N2O3/c1-16(2,3)21-15(20)18-10-4-5-13(11-18)17-12-6-8-14(19)9-7-12/h12-14,17,19H,4-11H2,1-3H3/t12?,13-,14?/m0/s1. The molecule has 2 N–H and O–H groups in total. The Morgan fingerprint density at radius 1 is 1.14 bits per heavy atom. The van der Waals surface area contributed by atoms with Gasteiger partial charge >= 0.3 is 6.09 Å². The molecule has 1 heterocycles. The minimum atomic E-state index is -0.434. The smallest absolute Gasteiger partial charge is 0.410 e.